The van der Waals surface area contributed by atoms with Crippen LogP contribution in [0.4, 0.5) is 5.69 Å². The number of nitrogens with zero attached hydrogens (tertiary/aromatic N) is 8. The molecule has 2 N–H and O–H groups in total. The van der Waals surface area contributed by atoms with Crippen LogP contribution < -0.4 is 16.0 Å². The summed E-state index contributed by atoms with van der Waals surface area (Å²) in [5, 5.41) is 20.1. The van der Waals surface area contributed by atoms with E-state index in [1.165, 1.54) is 0 Å². The molecule has 0 aliphatic carbocycles. The lowest BCUT2D eigenvalue weighted by Crippen LogP contribution is -2.30. The van der Waals surface area contributed by atoms with E-state index in [1.54, 1.807) is 33.8 Å². The van der Waals surface area contributed by atoms with Gasteiger partial charge in [0.05, 0.1) is 23.9 Å². The molecule has 0 spiro atoms. The van der Waals surface area contributed by atoms with Crippen molar-refractivity contribution in [2.75, 3.05) is 39.1 Å². The Morgan fingerprint density at radius 2 is 2.06 bits per heavy atom. The second-order valence-electron chi connectivity index (χ2n) is 12.9. The van der Waals surface area contributed by atoms with Gasteiger partial charge in [0.2, 0.25) is 5.88 Å². The molecule has 49 heavy (non-hydrogen) atoms. The first kappa shape index (κ1) is 32.5. The van der Waals surface area contributed by atoms with Crippen molar-refractivity contribution in [3.05, 3.63) is 63.7 Å². The summed E-state index contributed by atoms with van der Waals surface area (Å²) in [5.41, 5.74) is 10.0. The molecule has 13 nitrogen and oxygen atoms in total. The quantitative estimate of drug-likeness (QED) is 0.187. The molecule has 2 atom stereocenters. The van der Waals surface area contributed by atoms with Crippen molar-refractivity contribution in [3.8, 4) is 40.6 Å². The van der Waals surface area contributed by atoms with E-state index >= 15 is 0 Å². The number of nitrogens with two attached hydrogens (primary N) is 1. The smallest absolute Gasteiger partial charge is 0.279 e. The number of ether oxygens (including phenoxy) is 2. The highest BCUT2D eigenvalue weighted by atomic mass is 16.5. The number of pyridine rings is 1. The van der Waals surface area contributed by atoms with Gasteiger partial charge in [0.1, 0.15) is 12.7 Å². The minimum atomic E-state index is -0.174. The summed E-state index contributed by atoms with van der Waals surface area (Å²) in [6, 6.07) is 9.85. The van der Waals surface area contributed by atoms with Crippen LogP contribution in [0.1, 0.15) is 68.7 Å². The third kappa shape index (κ3) is 6.18. The summed E-state index contributed by atoms with van der Waals surface area (Å²) in [4.78, 5) is 25.6. The molecule has 6 heterocycles. The van der Waals surface area contributed by atoms with Gasteiger partial charge < -0.3 is 29.2 Å². The van der Waals surface area contributed by atoms with Crippen LogP contribution in [0.15, 0.2) is 46.0 Å². The number of aromatic nitrogens is 6. The van der Waals surface area contributed by atoms with Crippen LogP contribution in [0.25, 0.3) is 39.6 Å². The SMILES string of the molecule is CCCCc1c(-c2nc(OCC3CCCN3C)cc(-n3cc4ccn(C5CCOC5)c(=O)c4n3)n2)noc1-c1c(CC)ccc(N)c1C#N. The minimum absolute atomic E-state index is 0.0148. The average molecular weight is 664 g/mol. The first-order chi connectivity index (χ1) is 23.9. The molecule has 2 saturated heterocycles. The number of nitrogen functional groups attached to an aromatic ring is 1. The molecule has 1 aromatic carbocycles. The molecule has 4 aromatic heterocycles. The molecule has 0 bridgehead atoms. The normalized spacial score (nSPS) is 18.0. The molecule has 7 rings (SSSR count). The molecule has 2 aliphatic heterocycles. The molecule has 13 heteroatoms. The lowest BCUT2D eigenvalue weighted by Gasteiger charge is -2.19. The van der Waals surface area contributed by atoms with Crippen LogP contribution in [0.5, 0.6) is 5.88 Å². The fourth-order valence-electron chi connectivity index (χ4n) is 6.86. The number of unbranched alkanes of at least 4 members (excludes halogenated alkanes) is 1. The van der Waals surface area contributed by atoms with E-state index in [1.807, 2.05) is 19.1 Å². The second-order valence-corrected chi connectivity index (χ2v) is 12.9. The Balaban J connectivity index is 1.36. The van der Waals surface area contributed by atoms with Gasteiger partial charge >= 0.3 is 0 Å². The Labute approximate surface area is 284 Å². The van der Waals surface area contributed by atoms with Crippen molar-refractivity contribution in [1.29, 1.82) is 5.26 Å². The third-order valence-electron chi connectivity index (χ3n) is 9.74. The summed E-state index contributed by atoms with van der Waals surface area (Å²) < 4.78 is 21.2. The Bertz CT molecular complexity index is 2090. The van der Waals surface area contributed by atoms with E-state index in [9.17, 15) is 10.1 Å². The maximum Gasteiger partial charge on any atom is 0.279 e. The zero-order valence-electron chi connectivity index (χ0n) is 28.2. The van der Waals surface area contributed by atoms with E-state index in [-0.39, 0.29) is 17.6 Å². The fourth-order valence-corrected chi connectivity index (χ4v) is 6.86. The van der Waals surface area contributed by atoms with Crippen molar-refractivity contribution in [1.82, 2.24) is 34.4 Å². The molecule has 2 aliphatic rings. The second kappa shape index (κ2) is 13.8. The largest absolute Gasteiger partial charge is 0.476 e. The number of nitriles is 1. The molecule has 5 aromatic rings. The van der Waals surface area contributed by atoms with Gasteiger partial charge in [-0.1, -0.05) is 31.5 Å². The van der Waals surface area contributed by atoms with Crippen molar-refractivity contribution in [2.45, 2.75) is 70.9 Å². The highest BCUT2D eigenvalue weighted by Gasteiger charge is 2.28. The lowest BCUT2D eigenvalue weighted by atomic mass is 9.92. The summed E-state index contributed by atoms with van der Waals surface area (Å²) in [6.45, 7) is 6.76. The summed E-state index contributed by atoms with van der Waals surface area (Å²) in [7, 11) is 2.10. The molecule has 0 radical (unpaired) electrons. The number of rotatable bonds is 11. The Morgan fingerprint density at radius 3 is 2.80 bits per heavy atom. The van der Waals surface area contributed by atoms with Crippen LogP contribution >= 0.6 is 0 Å². The summed E-state index contributed by atoms with van der Waals surface area (Å²) in [6.07, 6.45) is 9.62. The number of hydrogen-bond acceptors (Lipinski definition) is 11. The van der Waals surface area contributed by atoms with Gasteiger partial charge in [-0.25, -0.2) is 9.67 Å². The Morgan fingerprint density at radius 1 is 1.18 bits per heavy atom. The third-order valence-corrected chi connectivity index (χ3v) is 9.74. The average Bonchev–Trinajstić information content (AvgIpc) is 3.94. The minimum Gasteiger partial charge on any atom is -0.476 e. The Hall–Kier alpha value is -5.06. The number of benzene rings is 1. The first-order valence-corrected chi connectivity index (χ1v) is 17.1. The number of aryl methyl sites for hydroxylation is 1. The monoisotopic (exact) mass is 663 g/mol. The van der Waals surface area contributed by atoms with Crippen molar-refractivity contribution in [2.24, 2.45) is 0 Å². The Kier molecular flexibility index (Phi) is 9.16. The van der Waals surface area contributed by atoms with Crippen molar-refractivity contribution in [3.63, 3.8) is 0 Å². The van der Waals surface area contributed by atoms with Crippen LogP contribution in [0.3, 0.4) is 0 Å². The first-order valence-electron chi connectivity index (χ1n) is 17.1. The molecular weight excluding hydrogens is 622 g/mol. The molecule has 0 saturated carbocycles. The number of anilines is 1. The predicted octanol–water partition coefficient (Wildman–Crippen LogP) is 5.09. The molecular formula is C36H41N9O4. The van der Waals surface area contributed by atoms with E-state index in [2.05, 4.69) is 30.1 Å². The van der Waals surface area contributed by atoms with Gasteiger partial charge in [0.25, 0.3) is 5.56 Å². The maximum atomic E-state index is 13.5. The van der Waals surface area contributed by atoms with Crippen molar-refractivity contribution >= 4 is 16.6 Å². The van der Waals surface area contributed by atoms with Gasteiger partial charge in [-0.05, 0) is 69.8 Å². The van der Waals surface area contributed by atoms with Gasteiger partial charge in [-0.2, -0.15) is 15.3 Å². The highest BCUT2D eigenvalue weighted by molar-refractivity contribution is 5.81. The number of likely N-dealkylation sites (tertiary alicyclic amines) is 1. The van der Waals surface area contributed by atoms with Crippen LogP contribution in [-0.4, -0.2) is 73.8 Å². The molecule has 2 fully saturated rings. The molecule has 0 amide bonds. The van der Waals surface area contributed by atoms with Crippen molar-refractivity contribution < 1.29 is 14.0 Å². The highest BCUT2D eigenvalue weighted by Crippen LogP contribution is 2.38. The van der Waals surface area contributed by atoms with E-state index in [0.29, 0.717) is 89.4 Å². The predicted molar refractivity (Wildman–Crippen MR) is 185 cm³/mol. The summed E-state index contributed by atoms with van der Waals surface area (Å²) >= 11 is 0. The van der Waals surface area contributed by atoms with Gasteiger partial charge in [-0.15, -0.1) is 0 Å². The van der Waals surface area contributed by atoms with Gasteiger partial charge in [-0.3, -0.25) is 4.79 Å². The zero-order valence-corrected chi connectivity index (χ0v) is 28.2. The summed E-state index contributed by atoms with van der Waals surface area (Å²) in [5.74, 6) is 1.58. The van der Waals surface area contributed by atoms with E-state index in [4.69, 9.17) is 34.8 Å². The maximum absolute atomic E-state index is 13.5. The zero-order chi connectivity index (χ0) is 34.1. The van der Waals surface area contributed by atoms with Crippen LogP contribution in [-0.2, 0) is 17.6 Å². The van der Waals surface area contributed by atoms with Crippen LogP contribution in [0, 0.1) is 11.3 Å². The van der Waals surface area contributed by atoms with Gasteiger partial charge in [0.15, 0.2) is 28.6 Å². The number of fused-ring (bicyclic) bond motifs is 1. The van der Waals surface area contributed by atoms with Crippen LogP contribution in [0.2, 0.25) is 0 Å². The molecule has 254 valence electrons. The molecule has 2 unspecified atom stereocenters. The number of likely N-dealkylation sites (N-methyl/N-ethyl adjacent to an activating group) is 1. The number of hydrogen-bond donors (Lipinski definition) is 1. The fraction of sp³-hybridized carbons (Fsp3) is 0.444. The standard InChI is InChI=1S/C36H41N9O4/c1-4-6-9-26-33(42-49-34(26)31-22(5-2)10-11-28(38)27(31)18-37)35-39-29(17-30(40-35)48-21-24-8-7-14-43(24)3)45-19-23-12-15-44(25-13-16-47-20-25)36(46)32(23)41-45/h10-12,15,17,19,24-25H,4-9,13-14,16,20-21,38H2,1-3H3. The van der Waals surface area contributed by atoms with E-state index < -0.39 is 0 Å². The van der Waals surface area contributed by atoms with Gasteiger partial charge in [0, 0.05) is 47.6 Å². The topological polar surface area (TPSA) is 163 Å². The lowest BCUT2D eigenvalue weighted by molar-refractivity contribution is 0.186. The van der Waals surface area contributed by atoms with E-state index in [0.717, 1.165) is 49.8 Å².